The SMILES string of the molecule is COc1ccccc1[C@H]1CC(=O)C2C(C1)NC(C)=C(C(=O)O[C@@H]1C[C@@H]3CC[C@H]1N3)[C@H]2c1cccc(O)c1. The largest absolute Gasteiger partial charge is 0.508 e. The van der Waals surface area contributed by atoms with Gasteiger partial charge in [0.1, 0.15) is 23.4 Å². The molecule has 2 unspecified atom stereocenters. The lowest BCUT2D eigenvalue weighted by Gasteiger charge is -2.45. The number of hydrogen-bond acceptors (Lipinski definition) is 7. The molecular formula is C30H34N2O5. The van der Waals surface area contributed by atoms with Crippen LogP contribution >= 0.6 is 0 Å². The number of rotatable bonds is 5. The first kappa shape index (κ1) is 24.0. The molecule has 2 bridgehead atoms. The smallest absolute Gasteiger partial charge is 0.336 e. The molecule has 0 spiro atoms. The predicted octanol–water partition coefficient (Wildman–Crippen LogP) is 3.93. The molecule has 1 saturated carbocycles. The van der Waals surface area contributed by atoms with E-state index in [1.165, 1.54) is 0 Å². The van der Waals surface area contributed by atoms with Crippen LogP contribution in [-0.4, -0.2) is 48.2 Å². The normalized spacial score (nSPS) is 32.6. The maximum absolute atomic E-state index is 13.9. The number of benzene rings is 2. The van der Waals surface area contributed by atoms with Crippen molar-refractivity contribution in [2.75, 3.05) is 7.11 Å². The van der Waals surface area contributed by atoms with E-state index in [1.54, 1.807) is 25.3 Å². The molecule has 194 valence electrons. The summed E-state index contributed by atoms with van der Waals surface area (Å²) in [6.07, 6.45) is 3.93. The highest BCUT2D eigenvalue weighted by atomic mass is 16.5. The third-order valence-electron chi connectivity index (χ3n) is 8.80. The Labute approximate surface area is 217 Å². The number of phenolic OH excluding ortho intramolecular Hbond substituents is 1. The Kier molecular flexibility index (Phi) is 6.19. The summed E-state index contributed by atoms with van der Waals surface area (Å²) in [6, 6.07) is 15.3. The summed E-state index contributed by atoms with van der Waals surface area (Å²) < 4.78 is 11.7. The summed E-state index contributed by atoms with van der Waals surface area (Å²) in [4.78, 5) is 27.6. The van der Waals surface area contributed by atoms with Crippen molar-refractivity contribution < 1.29 is 24.2 Å². The molecule has 2 saturated heterocycles. The third-order valence-corrected chi connectivity index (χ3v) is 8.80. The quantitative estimate of drug-likeness (QED) is 0.533. The fraction of sp³-hybridized carbons (Fsp3) is 0.467. The average molecular weight is 503 g/mol. The summed E-state index contributed by atoms with van der Waals surface area (Å²) in [5.74, 6) is -0.256. The first-order valence-electron chi connectivity index (χ1n) is 13.3. The van der Waals surface area contributed by atoms with Gasteiger partial charge in [0.15, 0.2) is 0 Å². The summed E-state index contributed by atoms with van der Waals surface area (Å²) in [6.45, 7) is 1.90. The standard InChI is InChI=1S/C30H34N2O5/c1-16-27(30(35)37-26-15-19-10-11-22(26)32-19)28(17-6-5-7-20(33)12-17)29-23(31-16)13-18(14-24(29)34)21-8-3-4-9-25(21)36-2/h3-9,12,18-19,22-23,26,28-29,31-33H,10-11,13-15H2,1-2H3/t18-,19+,22-,23?,26-,28-,29?/m1/s1. The number of carbonyl (C=O) groups excluding carboxylic acids is 2. The fourth-order valence-electron chi connectivity index (χ4n) is 7.19. The highest BCUT2D eigenvalue weighted by Crippen LogP contribution is 2.48. The molecule has 0 amide bonds. The molecule has 6 rings (SSSR count). The summed E-state index contributed by atoms with van der Waals surface area (Å²) in [5.41, 5.74) is 3.03. The number of carbonyl (C=O) groups is 2. The van der Waals surface area contributed by atoms with Crippen LogP contribution in [0.5, 0.6) is 11.5 Å². The van der Waals surface area contributed by atoms with Gasteiger partial charge in [0.05, 0.1) is 12.7 Å². The van der Waals surface area contributed by atoms with Crippen molar-refractivity contribution in [2.24, 2.45) is 5.92 Å². The molecule has 1 aliphatic carbocycles. The van der Waals surface area contributed by atoms with Crippen molar-refractivity contribution in [3.05, 3.63) is 70.9 Å². The number of ketones is 1. The molecule has 7 atom stereocenters. The maximum atomic E-state index is 13.9. The summed E-state index contributed by atoms with van der Waals surface area (Å²) in [7, 11) is 1.65. The van der Waals surface area contributed by atoms with Gasteiger partial charge in [0, 0.05) is 48.5 Å². The van der Waals surface area contributed by atoms with E-state index in [1.807, 2.05) is 37.3 Å². The van der Waals surface area contributed by atoms with E-state index in [9.17, 15) is 14.7 Å². The summed E-state index contributed by atoms with van der Waals surface area (Å²) >= 11 is 0. The Morgan fingerprint density at radius 2 is 1.89 bits per heavy atom. The number of esters is 1. The van der Waals surface area contributed by atoms with Gasteiger partial charge in [-0.15, -0.1) is 0 Å². The van der Waals surface area contributed by atoms with Crippen LogP contribution in [-0.2, 0) is 14.3 Å². The number of methoxy groups -OCH3 is 1. The van der Waals surface area contributed by atoms with Crippen molar-refractivity contribution in [2.45, 2.75) is 75.1 Å². The van der Waals surface area contributed by atoms with Gasteiger partial charge in [-0.1, -0.05) is 30.3 Å². The first-order chi connectivity index (χ1) is 17.9. The van der Waals surface area contributed by atoms with Crippen LogP contribution in [0.3, 0.4) is 0 Å². The topological polar surface area (TPSA) is 96.9 Å². The Hall–Kier alpha value is -3.32. The predicted molar refractivity (Wildman–Crippen MR) is 138 cm³/mol. The Morgan fingerprint density at radius 1 is 1.05 bits per heavy atom. The molecule has 3 N–H and O–H groups in total. The van der Waals surface area contributed by atoms with Crippen molar-refractivity contribution in [1.29, 1.82) is 0 Å². The molecule has 7 nitrogen and oxygen atoms in total. The van der Waals surface area contributed by atoms with E-state index < -0.39 is 11.8 Å². The van der Waals surface area contributed by atoms with Gasteiger partial charge in [-0.2, -0.15) is 0 Å². The maximum Gasteiger partial charge on any atom is 0.336 e. The molecule has 3 heterocycles. The van der Waals surface area contributed by atoms with Crippen molar-refractivity contribution >= 4 is 11.8 Å². The Bertz CT molecular complexity index is 1260. The number of ether oxygens (including phenoxy) is 2. The van der Waals surface area contributed by atoms with Crippen molar-refractivity contribution in [3.63, 3.8) is 0 Å². The molecule has 4 aliphatic rings. The van der Waals surface area contributed by atoms with E-state index >= 15 is 0 Å². The van der Waals surface area contributed by atoms with E-state index in [-0.39, 0.29) is 41.6 Å². The highest BCUT2D eigenvalue weighted by Gasteiger charge is 2.50. The second-order valence-electron chi connectivity index (χ2n) is 11.0. The number of fused-ring (bicyclic) bond motifs is 3. The van der Waals surface area contributed by atoms with Gasteiger partial charge in [-0.3, -0.25) is 4.79 Å². The first-order valence-corrected chi connectivity index (χ1v) is 13.3. The molecule has 2 aromatic carbocycles. The van der Waals surface area contributed by atoms with Crippen LogP contribution in [0.15, 0.2) is 59.8 Å². The highest BCUT2D eigenvalue weighted by molar-refractivity contribution is 5.95. The van der Waals surface area contributed by atoms with Crippen LogP contribution < -0.4 is 15.4 Å². The number of Topliss-reactive ketones (excluding diaryl/α,β-unsaturated/α-hetero) is 1. The second-order valence-corrected chi connectivity index (χ2v) is 11.0. The van der Waals surface area contributed by atoms with Crippen molar-refractivity contribution in [1.82, 2.24) is 10.6 Å². The van der Waals surface area contributed by atoms with Gasteiger partial charge in [0.25, 0.3) is 0 Å². The number of para-hydroxylation sites is 1. The van der Waals surface area contributed by atoms with E-state index in [4.69, 9.17) is 9.47 Å². The van der Waals surface area contributed by atoms with Gasteiger partial charge in [-0.25, -0.2) is 4.79 Å². The van der Waals surface area contributed by atoms with Crippen LogP contribution in [0.1, 0.15) is 62.0 Å². The zero-order valence-electron chi connectivity index (χ0n) is 21.3. The van der Waals surface area contributed by atoms with Crippen molar-refractivity contribution in [3.8, 4) is 11.5 Å². The fourth-order valence-corrected chi connectivity index (χ4v) is 7.19. The summed E-state index contributed by atoms with van der Waals surface area (Å²) in [5, 5.41) is 17.3. The van der Waals surface area contributed by atoms with E-state index in [0.717, 1.165) is 48.3 Å². The molecular weight excluding hydrogens is 468 g/mol. The minimum atomic E-state index is -0.483. The number of aromatic hydroxyl groups is 1. The van der Waals surface area contributed by atoms with Crippen LogP contribution in [0.4, 0.5) is 0 Å². The second kappa shape index (κ2) is 9.53. The van der Waals surface area contributed by atoms with Crippen LogP contribution in [0.25, 0.3) is 0 Å². The van der Waals surface area contributed by atoms with E-state index in [0.29, 0.717) is 18.0 Å². The lowest BCUT2D eigenvalue weighted by Crippen LogP contribution is -2.52. The van der Waals surface area contributed by atoms with Crippen LogP contribution in [0.2, 0.25) is 0 Å². The molecule has 2 aromatic rings. The molecule has 7 heteroatoms. The minimum Gasteiger partial charge on any atom is -0.508 e. The average Bonchev–Trinajstić information content (AvgIpc) is 3.51. The molecule has 3 aliphatic heterocycles. The lowest BCUT2D eigenvalue weighted by atomic mass is 9.64. The van der Waals surface area contributed by atoms with Gasteiger partial charge in [0.2, 0.25) is 0 Å². The molecule has 37 heavy (non-hydrogen) atoms. The Morgan fingerprint density at radius 3 is 2.62 bits per heavy atom. The Balaban J connectivity index is 1.35. The number of hydrogen-bond donors (Lipinski definition) is 3. The lowest BCUT2D eigenvalue weighted by molar-refractivity contribution is -0.146. The molecule has 3 fully saturated rings. The van der Waals surface area contributed by atoms with Gasteiger partial charge < -0.3 is 25.2 Å². The zero-order valence-corrected chi connectivity index (χ0v) is 21.3. The zero-order chi connectivity index (χ0) is 25.7. The van der Waals surface area contributed by atoms with Crippen LogP contribution in [0, 0.1) is 5.92 Å². The minimum absolute atomic E-state index is 0.0173. The monoisotopic (exact) mass is 502 g/mol. The van der Waals surface area contributed by atoms with Gasteiger partial charge in [-0.05, 0) is 61.4 Å². The number of nitrogens with one attached hydrogen (secondary N) is 2. The van der Waals surface area contributed by atoms with E-state index in [2.05, 4.69) is 10.6 Å². The third kappa shape index (κ3) is 4.29. The molecule has 0 aromatic heterocycles. The number of phenols is 1. The number of allylic oxidation sites excluding steroid dienone is 1. The molecule has 0 radical (unpaired) electrons. The van der Waals surface area contributed by atoms with Gasteiger partial charge >= 0.3 is 5.97 Å².